The van der Waals surface area contributed by atoms with Gasteiger partial charge in [0.1, 0.15) is 0 Å². The number of carboxylic acid groups (broad SMARTS) is 1. The quantitative estimate of drug-likeness (QED) is 0.924. The second-order valence-electron chi connectivity index (χ2n) is 7.34. The molecule has 1 atom stereocenters. The number of piperidine rings is 1. The van der Waals surface area contributed by atoms with Crippen molar-refractivity contribution in [2.45, 2.75) is 37.5 Å². The minimum atomic E-state index is -0.678. The molecule has 0 aromatic heterocycles. The van der Waals surface area contributed by atoms with E-state index in [1.54, 1.807) is 0 Å². The number of amides is 1. The fourth-order valence-corrected chi connectivity index (χ4v) is 4.43. The highest BCUT2D eigenvalue weighted by Crippen LogP contribution is 2.60. The monoisotopic (exact) mass is 333 g/mol. The van der Waals surface area contributed by atoms with Crippen molar-refractivity contribution < 1.29 is 14.7 Å². The molecule has 0 radical (unpaired) electrons. The smallest absolute Gasteiger partial charge is 0.307 e. The normalized spacial score (nSPS) is 26.8. The minimum absolute atomic E-state index is 0.0324. The summed E-state index contributed by atoms with van der Waals surface area (Å²) < 4.78 is 0. The molecule has 3 fully saturated rings. The van der Waals surface area contributed by atoms with E-state index in [2.05, 4.69) is 0 Å². The van der Waals surface area contributed by atoms with E-state index in [1.807, 2.05) is 29.2 Å². The molecule has 2 aliphatic carbocycles. The lowest BCUT2D eigenvalue weighted by Crippen LogP contribution is -2.45. The molecule has 1 N–H and O–H groups in total. The van der Waals surface area contributed by atoms with Crippen molar-refractivity contribution in [1.29, 1.82) is 0 Å². The summed E-state index contributed by atoms with van der Waals surface area (Å²) in [6.07, 6.45) is 4.18. The van der Waals surface area contributed by atoms with Gasteiger partial charge in [0.05, 0.1) is 11.3 Å². The maximum absolute atomic E-state index is 13.0. The third-order valence-electron chi connectivity index (χ3n) is 6.07. The van der Waals surface area contributed by atoms with E-state index in [1.165, 1.54) is 0 Å². The molecule has 3 aliphatic rings. The Labute approximate surface area is 140 Å². The molecule has 1 saturated heterocycles. The van der Waals surface area contributed by atoms with Gasteiger partial charge in [0, 0.05) is 18.1 Å². The van der Waals surface area contributed by atoms with Crippen LogP contribution < -0.4 is 0 Å². The molecule has 1 aromatic rings. The molecule has 2 saturated carbocycles. The summed E-state index contributed by atoms with van der Waals surface area (Å²) in [4.78, 5) is 26.1. The average Bonchev–Trinajstić information content (AvgIpc) is 3.43. The largest absolute Gasteiger partial charge is 0.481 e. The lowest BCUT2D eigenvalue weighted by molar-refractivity contribution is -0.140. The van der Waals surface area contributed by atoms with Gasteiger partial charge in [-0.2, -0.15) is 0 Å². The van der Waals surface area contributed by atoms with Gasteiger partial charge in [-0.1, -0.05) is 23.7 Å². The van der Waals surface area contributed by atoms with Crippen LogP contribution in [0.15, 0.2) is 24.3 Å². The summed E-state index contributed by atoms with van der Waals surface area (Å²) in [6, 6.07) is 7.62. The highest BCUT2D eigenvalue weighted by Gasteiger charge is 2.60. The number of hydrogen-bond donors (Lipinski definition) is 1. The van der Waals surface area contributed by atoms with Crippen molar-refractivity contribution in [2.75, 3.05) is 13.1 Å². The van der Waals surface area contributed by atoms with E-state index in [0.717, 1.165) is 37.7 Å². The van der Waals surface area contributed by atoms with E-state index >= 15 is 0 Å². The Kier molecular flexibility index (Phi) is 3.24. The Morgan fingerprint density at radius 3 is 2.39 bits per heavy atom. The number of aliphatic carboxylic acids is 1. The van der Waals surface area contributed by atoms with Gasteiger partial charge in [-0.3, -0.25) is 9.59 Å². The van der Waals surface area contributed by atoms with Crippen molar-refractivity contribution in [3.63, 3.8) is 0 Å². The second kappa shape index (κ2) is 4.97. The lowest BCUT2D eigenvalue weighted by atomic mass is 9.88. The zero-order chi connectivity index (χ0) is 16.2. The molecule has 4 rings (SSSR count). The number of likely N-dealkylation sites (tertiary alicyclic amines) is 1. The predicted octanol–water partition coefficient (Wildman–Crippen LogP) is 3.08. The highest BCUT2D eigenvalue weighted by atomic mass is 35.5. The van der Waals surface area contributed by atoms with Crippen LogP contribution in [0, 0.1) is 11.3 Å². The fraction of sp³-hybridized carbons (Fsp3) is 0.556. The number of rotatable bonds is 3. The number of carbonyl (C=O) groups is 2. The number of carbonyl (C=O) groups excluding carboxylic acids is 1. The number of benzene rings is 1. The number of halogens is 1. The SMILES string of the molecule is O=C(O)C1CC12CCN(C(=O)C1(c3cccc(Cl)c3)CC1)CC2. The first-order valence-electron chi connectivity index (χ1n) is 8.25. The molecule has 23 heavy (non-hydrogen) atoms. The summed E-state index contributed by atoms with van der Waals surface area (Å²) in [5.41, 5.74) is 0.602. The van der Waals surface area contributed by atoms with Gasteiger partial charge in [-0.25, -0.2) is 0 Å². The molecule has 1 aliphatic heterocycles. The molecule has 1 amide bonds. The van der Waals surface area contributed by atoms with Gasteiger partial charge in [0.2, 0.25) is 5.91 Å². The first kappa shape index (κ1) is 15.0. The van der Waals surface area contributed by atoms with E-state index in [0.29, 0.717) is 18.1 Å². The molecule has 1 heterocycles. The van der Waals surface area contributed by atoms with E-state index in [-0.39, 0.29) is 22.7 Å². The van der Waals surface area contributed by atoms with E-state index in [4.69, 9.17) is 16.7 Å². The molecule has 1 unspecified atom stereocenters. The Morgan fingerprint density at radius 2 is 1.87 bits per heavy atom. The van der Waals surface area contributed by atoms with Gasteiger partial charge < -0.3 is 10.0 Å². The van der Waals surface area contributed by atoms with Crippen LogP contribution in [0.3, 0.4) is 0 Å². The van der Waals surface area contributed by atoms with E-state index < -0.39 is 5.97 Å². The molecular weight excluding hydrogens is 314 g/mol. The third kappa shape index (κ3) is 2.35. The van der Waals surface area contributed by atoms with E-state index in [9.17, 15) is 9.59 Å². The van der Waals surface area contributed by atoms with Gasteiger partial charge >= 0.3 is 5.97 Å². The second-order valence-corrected chi connectivity index (χ2v) is 7.78. The zero-order valence-corrected chi connectivity index (χ0v) is 13.7. The topological polar surface area (TPSA) is 57.6 Å². The lowest BCUT2D eigenvalue weighted by Gasteiger charge is -2.35. The summed E-state index contributed by atoms with van der Waals surface area (Å²) in [5, 5.41) is 9.83. The van der Waals surface area contributed by atoms with Gasteiger partial charge in [0.15, 0.2) is 0 Å². The number of hydrogen-bond acceptors (Lipinski definition) is 2. The summed E-state index contributed by atoms with van der Waals surface area (Å²) in [5.74, 6) is -0.674. The molecule has 1 spiro atoms. The Balaban J connectivity index is 1.46. The van der Waals surface area contributed by atoms with Crippen molar-refractivity contribution in [2.24, 2.45) is 11.3 Å². The van der Waals surface area contributed by atoms with Crippen LogP contribution in [0.4, 0.5) is 0 Å². The van der Waals surface area contributed by atoms with Gasteiger partial charge in [0.25, 0.3) is 0 Å². The minimum Gasteiger partial charge on any atom is -0.481 e. The fourth-order valence-electron chi connectivity index (χ4n) is 4.24. The van der Waals surface area contributed by atoms with Crippen LogP contribution >= 0.6 is 11.6 Å². The first-order chi connectivity index (χ1) is 11.0. The summed E-state index contributed by atoms with van der Waals surface area (Å²) >= 11 is 6.08. The molecular formula is C18H20ClNO3. The Hall–Kier alpha value is -1.55. The molecule has 1 aromatic carbocycles. The standard InChI is InChI=1S/C18H20ClNO3/c19-13-3-1-2-12(10-13)18(4-5-18)16(23)20-8-6-17(7-9-20)11-14(17)15(21)22/h1-3,10,14H,4-9,11H2,(H,21,22). The van der Waals surface area contributed by atoms with Crippen LogP contribution in [0.2, 0.25) is 5.02 Å². The Bertz CT molecular complexity index is 675. The maximum atomic E-state index is 13.0. The van der Waals surface area contributed by atoms with Crippen molar-refractivity contribution >= 4 is 23.5 Å². The molecule has 5 heteroatoms. The molecule has 122 valence electrons. The van der Waals surface area contributed by atoms with Gasteiger partial charge in [-0.15, -0.1) is 0 Å². The summed E-state index contributed by atoms with van der Waals surface area (Å²) in [6.45, 7) is 1.37. The van der Waals surface area contributed by atoms with Crippen LogP contribution in [0.5, 0.6) is 0 Å². The summed E-state index contributed by atoms with van der Waals surface area (Å²) in [7, 11) is 0. The van der Waals surface area contributed by atoms with Crippen LogP contribution in [0.25, 0.3) is 0 Å². The third-order valence-corrected chi connectivity index (χ3v) is 6.31. The van der Waals surface area contributed by atoms with Crippen LogP contribution in [-0.2, 0) is 15.0 Å². The predicted molar refractivity (Wildman–Crippen MR) is 86.4 cm³/mol. The zero-order valence-electron chi connectivity index (χ0n) is 12.9. The number of nitrogens with zero attached hydrogens (tertiary/aromatic N) is 1. The van der Waals surface area contributed by atoms with Crippen LogP contribution in [-0.4, -0.2) is 35.0 Å². The molecule has 4 nitrogen and oxygen atoms in total. The molecule has 0 bridgehead atoms. The maximum Gasteiger partial charge on any atom is 0.307 e. The average molecular weight is 334 g/mol. The van der Waals surface area contributed by atoms with Crippen LogP contribution in [0.1, 0.15) is 37.7 Å². The van der Waals surface area contributed by atoms with Crippen molar-refractivity contribution in [1.82, 2.24) is 4.90 Å². The highest BCUT2D eigenvalue weighted by molar-refractivity contribution is 6.30. The van der Waals surface area contributed by atoms with Crippen molar-refractivity contribution in [3.8, 4) is 0 Å². The number of carboxylic acids is 1. The van der Waals surface area contributed by atoms with Gasteiger partial charge in [-0.05, 0) is 55.2 Å². The Morgan fingerprint density at radius 1 is 1.17 bits per heavy atom. The van der Waals surface area contributed by atoms with Crippen molar-refractivity contribution in [3.05, 3.63) is 34.9 Å². The first-order valence-corrected chi connectivity index (χ1v) is 8.63.